The van der Waals surface area contributed by atoms with E-state index in [0.29, 0.717) is 31.6 Å². The van der Waals surface area contributed by atoms with Crippen LogP contribution in [0.2, 0.25) is 0 Å². The molecule has 1 amide bonds. The Morgan fingerprint density at radius 2 is 1.90 bits per heavy atom. The van der Waals surface area contributed by atoms with Gasteiger partial charge in [-0.15, -0.1) is 0 Å². The van der Waals surface area contributed by atoms with Gasteiger partial charge < -0.3 is 5.32 Å². The summed E-state index contributed by atoms with van der Waals surface area (Å²) >= 11 is 0. The molecule has 1 aliphatic heterocycles. The summed E-state index contributed by atoms with van der Waals surface area (Å²) in [6.07, 6.45) is 2.60. The number of fused-ring (bicyclic) bond motifs is 1. The molecule has 1 aromatic heterocycles. The molecular weight excluding hydrogens is 388 g/mol. The van der Waals surface area contributed by atoms with Crippen molar-refractivity contribution in [2.45, 2.75) is 25.2 Å². The molecule has 0 spiro atoms. The van der Waals surface area contributed by atoms with Gasteiger partial charge in [-0.05, 0) is 43.5 Å². The number of piperidine rings is 1. The average Bonchev–Trinajstić information content (AvgIpc) is 3.22. The fourth-order valence-corrected chi connectivity index (χ4v) is 5.11. The van der Waals surface area contributed by atoms with Crippen LogP contribution in [-0.4, -0.2) is 47.7 Å². The number of carbonyl (C=O) groups excluding carboxylic acids is 1. The number of benzene rings is 2. The van der Waals surface area contributed by atoms with Crippen molar-refractivity contribution in [2.24, 2.45) is 0 Å². The van der Waals surface area contributed by atoms with Crippen LogP contribution < -0.4 is 5.32 Å². The van der Waals surface area contributed by atoms with E-state index in [4.69, 9.17) is 0 Å². The standard InChI is InChI=1S/C21H24N4O3S/c1-2-29(27,28)25-12-10-21(11-13-25,17-6-4-3-5-7-17)20(26)23-18-8-9-19-16(14-18)15-22-24-19/h3-9,14-15H,2,10-13H2,1H3,(H,22,24)(H,23,26). The average molecular weight is 413 g/mol. The van der Waals surface area contributed by atoms with Crippen LogP contribution >= 0.6 is 0 Å². The predicted octanol–water partition coefficient (Wildman–Crippen LogP) is 2.88. The Hall–Kier alpha value is -2.71. The topological polar surface area (TPSA) is 95.2 Å². The number of hydrogen-bond donors (Lipinski definition) is 2. The first-order chi connectivity index (χ1) is 13.9. The van der Waals surface area contributed by atoms with Crippen LogP contribution in [0.15, 0.2) is 54.7 Å². The highest BCUT2D eigenvalue weighted by molar-refractivity contribution is 7.89. The van der Waals surface area contributed by atoms with E-state index in [9.17, 15) is 13.2 Å². The number of nitrogens with zero attached hydrogens (tertiary/aromatic N) is 2. The predicted molar refractivity (Wildman–Crippen MR) is 113 cm³/mol. The first-order valence-electron chi connectivity index (χ1n) is 9.72. The van der Waals surface area contributed by atoms with Crippen LogP contribution in [-0.2, 0) is 20.2 Å². The van der Waals surface area contributed by atoms with Gasteiger partial charge in [0.25, 0.3) is 0 Å². The second-order valence-electron chi connectivity index (χ2n) is 7.37. The van der Waals surface area contributed by atoms with Gasteiger partial charge in [0.15, 0.2) is 0 Å². The molecule has 8 heteroatoms. The molecule has 0 atom stereocenters. The number of aromatic nitrogens is 2. The number of nitrogens with one attached hydrogen (secondary N) is 2. The van der Waals surface area contributed by atoms with Crippen molar-refractivity contribution < 1.29 is 13.2 Å². The molecule has 29 heavy (non-hydrogen) atoms. The van der Waals surface area contributed by atoms with Crippen molar-refractivity contribution >= 4 is 32.5 Å². The largest absolute Gasteiger partial charge is 0.325 e. The molecule has 1 aliphatic rings. The maximum absolute atomic E-state index is 13.5. The fraction of sp³-hybridized carbons (Fsp3) is 0.333. The SMILES string of the molecule is CCS(=O)(=O)N1CCC(C(=O)Nc2ccc3[nH]ncc3c2)(c2ccccc2)CC1. The van der Waals surface area contributed by atoms with E-state index < -0.39 is 15.4 Å². The second kappa shape index (κ2) is 7.61. The van der Waals surface area contributed by atoms with Crippen LogP contribution in [0.3, 0.4) is 0 Å². The molecule has 152 valence electrons. The minimum Gasteiger partial charge on any atom is -0.325 e. The van der Waals surface area contributed by atoms with Crippen LogP contribution in [0.4, 0.5) is 5.69 Å². The van der Waals surface area contributed by atoms with Gasteiger partial charge in [-0.1, -0.05) is 30.3 Å². The summed E-state index contributed by atoms with van der Waals surface area (Å²) in [5, 5.41) is 10.9. The number of carbonyl (C=O) groups is 1. The van der Waals surface area contributed by atoms with Gasteiger partial charge in [0, 0.05) is 24.2 Å². The normalized spacial score (nSPS) is 17.3. The van der Waals surface area contributed by atoms with Crippen molar-refractivity contribution in [3.05, 3.63) is 60.3 Å². The van der Waals surface area contributed by atoms with Gasteiger partial charge in [-0.2, -0.15) is 5.10 Å². The van der Waals surface area contributed by atoms with E-state index in [-0.39, 0.29) is 11.7 Å². The smallest absolute Gasteiger partial charge is 0.235 e. The van der Waals surface area contributed by atoms with Crippen LogP contribution in [0, 0.1) is 0 Å². The third-order valence-electron chi connectivity index (χ3n) is 5.79. The number of amides is 1. The van der Waals surface area contributed by atoms with Crippen molar-refractivity contribution in [3.63, 3.8) is 0 Å². The Bertz CT molecular complexity index is 1120. The fourth-order valence-electron chi connectivity index (χ4n) is 4.00. The maximum Gasteiger partial charge on any atom is 0.235 e. The summed E-state index contributed by atoms with van der Waals surface area (Å²) in [4.78, 5) is 13.5. The minimum atomic E-state index is -3.26. The summed E-state index contributed by atoms with van der Waals surface area (Å²) in [5.41, 5.74) is 1.74. The van der Waals surface area contributed by atoms with Crippen molar-refractivity contribution in [1.82, 2.24) is 14.5 Å². The summed E-state index contributed by atoms with van der Waals surface area (Å²) in [6.45, 7) is 2.31. The molecule has 1 fully saturated rings. The Kier molecular flexibility index (Phi) is 5.14. The molecule has 7 nitrogen and oxygen atoms in total. The van der Waals surface area contributed by atoms with Crippen LogP contribution in [0.25, 0.3) is 10.9 Å². The van der Waals surface area contributed by atoms with E-state index in [1.54, 1.807) is 13.1 Å². The third-order valence-corrected chi connectivity index (χ3v) is 7.67. The quantitative estimate of drug-likeness (QED) is 0.674. The molecule has 0 bridgehead atoms. The molecule has 0 unspecified atom stereocenters. The highest BCUT2D eigenvalue weighted by Gasteiger charge is 2.44. The van der Waals surface area contributed by atoms with Gasteiger partial charge in [-0.25, -0.2) is 12.7 Å². The van der Waals surface area contributed by atoms with Gasteiger partial charge in [0.2, 0.25) is 15.9 Å². The molecule has 4 rings (SSSR count). The second-order valence-corrected chi connectivity index (χ2v) is 9.63. The Balaban J connectivity index is 1.63. The molecule has 0 aliphatic carbocycles. The van der Waals surface area contributed by atoms with Crippen LogP contribution in [0.5, 0.6) is 0 Å². The molecule has 2 aromatic carbocycles. The molecule has 0 radical (unpaired) electrons. The Morgan fingerprint density at radius 1 is 1.17 bits per heavy atom. The molecule has 0 saturated carbocycles. The minimum absolute atomic E-state index is 0.0717. The van der Waals surface area contributed by atoms with Gasteiger partial charge >= 0.3 is 0 Å². The van der Waals surface area contributed by atoms with E-state index in [1.807, 2.05) is 48.5 Å². The lowest BCUT2D eigenvalue weighted by Crippen LogP contribution is -2.51. The van der Waals surface area contributed by atoms with Gasteiger partial charge in [0.05, 0.1) is 22.9 Å². The lowest BCUT2D eigenvalue weighted by Gasteiger charge is -2.40. The zero-order valence-electron chi connectivity index (χ0n) is 16.3. The number of aromatic amines is 1. The Morgan fingerprint density at radius 3 is 2.59 bits per heavy atom. The molecule has 3 aromatic rings. The summed E-state index contributed by atoms with van der Waals surface area (Å²) < 4.78 is 26.1. The van der Waals surface area contributed by atoms with E-state index in [2.05, 4.69) is 15.5 Å². The van der Waals surface area contributed by atoms with Crippen molar-refractivity contribution in [2.75, 3.05) is 24.2 Å². The number of sulfonamides is 1. The van der Waals surface area contributed by atoms with E-state index in [0.717, 1.165) is 16.5 Å². The monoisotopic (exact) mass is 412 g/mol. The van der Waals surface area contributed by atoms with E-state index >= 15 is 0 Å². The summed E-state index contributed by atoms with van der Waals surface area (Å²) in [6, 6.07) is 15.2. The summed E-state index contributed by atoms with van der Waals surface area (Å²) in [7, 11) is -3.26. The van der Waals surface area contributed by atoms with Gasteiger partial charge in [0.1, 0.15) is 0 Å². The molecular formula is C21H24N4O3S. The van der Waals surface area contributed by atoms with Crippen molar-refractivity contribution in [1.29, 1.82) is 0 Å². The van der Waals surface area contributed by atoms with Gasteiger partial charge in [-0.3, -0.25) is 9.89 Å². The third kappa shape index (κ3) is 3.65. The highest BCUT2D eigenvalue weighted by Crippen LogP contribution is 2.37. The first-order valence-corrected chi connectivity index (χ1v) is 11.3. The maximum atomic E-state index is 13.5. The Labute approximate surface area is 170 Å². The first kappa shape index (κ1) is 19.6. The zero-order valence-corrected chi connectivity index (χ0v) is 17.1. The lowest BCUT2D eigenvalue weighted by molar-refractivity contribution is -0.123. The number of rotatable bonds is 5. The molecule has 2 heterocycles. The lowest BCUT2D eigenvalue weighted by atomic mass is 9.72. The zero-order chi connectivity index (χ0) is 20.5. The molecule has 1 saturated heterocycles. The number of hydrogen-bond acceptors (Lipinski definition) is 4. The highest BCUT2D eigenvalue weighted by atomic mass is 32.2. The number of anilines is 1. The molecule has 2 N–H and O–H groups in total. The van der Waals surface area contributed by atoms with Crippen LogP contribution in [0.1, 0.15) is 25.3 Å². The number of H-pyrrole nitrogens is 1. The summed E-state index contributed by atoms with van der Waals surface area (Å²) in [5.74, 6) is -0.0394. The van der Waals surface area contributed by atoms with Crippen molar-refractivity contribution in [3.8, 4) is 0 Å². The van der Waals surface area contributed by atoms with E-state index in [1.165, 1.54) is 4.31 Å².